The molecule has 4 heteroatoms. The summed E-state index contributed by atoms with van der Waals surface area (Å²) in [7, 11) is 3.63. The first-order valence-corrected chi connectivity index (χ1v) is 7.72. The fourth-order valence-corrected chi connectivity index (χ4v) is 2.77. The largest absolute Gasteiger partial charge is 0.497 e. The van der Waals surface area contributed by atoms with Crippen LogP contribution in [0.25, 0.3) is 0 Å². The zero-order chi connectivity index (χ0) is 15.2. The van der Waals surface area contributed by atoms with Crippen LogP contribution in [0, 0.1) is 0 Å². The predicted octanol–water partition coefficient (Wildman–Crippen LogP) is 4.17. The second-order valence-electron chi connectivity index (χ2n) is 4.61. The number of hydrogen-bond donors (Lipinski definition) is 1. The maximum absolute atomic E-state index is 5.49. The Morgan fingerprint density at radius 3 is 2.33 bits per heavy atom. The quantitative estimate of drug-likeness (QED) is 0.848. The van der Waals surface area contributed by atoms with Gasteiger partial charge in [-0.2, -0.15) is 0 Å². The third-order valence-corrected chi connectivity index (χ3v) is 4.05. The number of hydrogen-bond acceptors (Lipinski definition) is 3. The fourth-order valence-electron chi connectivity index (χ4n) is 2.29. The van der Waals surface area contributed by atoms with Gasteiger partial charge in [-0.25, -0.2) is 0 Å². The van der Waals surface area contributed by atoms with Crippen molar-refractivity contribution in [2.24, 2.45) is 0 Å². The summed E-state index contributed by atoms with van der Waals surface area (Å²) in [4.78, 5) is 0. The smallest absolute Gasteiger partial charge is 0.119 e. The third kappa shape index (κ3) is 3.77. The summed E-state index contributed by atoms with van der Waals surface area (Å²) in [5.41, 5.74) is 2.32. The maximum Gasteiger partial charge on any atom is 0.119 e. The maximum atomic E-state index is 5.49. The van der Waals surface area contributed by atoms with E-state index in [1.165, 1.54) is 5.56 Å². The van der Waals surface area contributed by atoms with Crippen molar-refractivity contribution in [2.75, 3.05) is 20.8 Å². The second-order valence-corrected chi connectivity index (χ2v) is 5.47. The minimum atomic E-state index is 0.0881. The molecule has 1 unspecified atom stereocenters. The molecular weight excluding hydrogens is 330 g/mol. The van der Waals surface area contributed by atoms with Crippen LogP contribution in [0.1, 0.15) is 24.1 Å². The summed E-state index contributed by atoms with van der Waals surface area (Å²) in [6.07, 6.45) is 0. The van der Waals surface area contributed by atoms with Crippen LogP contribution in [0.2, 0.25) is 0 Å². The molecule has 3 nitrogen and oxygen atoms in total. The molecule has 2 aromatic rings. The van der Waals surface area contributed by atoms with Crippen LogP contribution in [0.3, 0.4) is 0 Å². The van der Waals surface area contributed by atoms with Crippen molar-refractivity contribution in [2.45, 2.75) is 13.0 Å². The zero-order valence-corrected chi connectivity index (χ0v) is 14.1. The van der Waals surface area contributed by atoms with E-state index in [4.69, 9.17) is 9.47 Å². The van der Waals surface area contributed by atoms with Gasteiger partial charge in [0, 0.05) is 4.47 Å². The molecule has 0 heterocycles. The lowest BCUT2D eigenvalue weighted by atomic mass is 9.98. The lowest BCUT2D eigenvalue weighted by molar-refractivity contribution is 0.340. The first-order valence-electron chi connectivity index (χ1n) is 6.93. The van der Waals surface area contributed by atoms with Gasteiger partial charge in [0.25, 0.3) is 0 Å². The number of ether oxygens (including phenoxy) is 2. The van der Waals surface area contributed by atoms with E-state index < -0.39 is 0 Å². The molecule has 0 spiro atoms. The SMILES string of the molecule is CCOc1ccc(C(NC)c2cc(OC)ccc2Br)cc1. The molecule has 2 aromatic carbocycles. The summed E-state index contributed by atoms with van der Waals surface area (Å²) in [6, 6.07) is 14.2. The van der Waals surface area contributed by atoms with Crippen molar-refractivity contribution < 1.29 is 9.47 Å². The molecule has 0 bridgehead atoms. The standard InChI is InChI=1S/C17H20BrNO2/c1-4-21-13-7-5-12(6-8-13)17(19-2)15-11-14(20-3)9-10-16(15)18/h5-11,17,19H,4H2,1-3H3. The van der Waals surface area contributed by atoms with Gasteiger partial charge in [0.1, 0.15) is 11.5 Å². The van der Waals surface area contributed by atoms with E-state index in [2.05, 4.69) is 33.4 Å². The number of methoxy groups -OCH3 is 1. The van der Waals surface area contributed by atoms with E-state index in [0.717, 1.165) is 21.5 Å². The van der Waals surface area contributed by atoms with E-state index in [0.29, 0.717) is 6.61 Å². The van der Waals surface area contributed by atoms with Crippen molar-refractivity contribution >= 4 is 15.9 Å². The Morgan fingerprint density at radius 2 is 1.76 bits per heavy atom. The Balaban J connectivity index is 2.34. The van der Waals surface area contributed by atoms with E-state index in [9.17, 15) is 0 Å². The van der Waals surface area contributed by atoms with Gasteiger partial charge in [0.05, 0.1) is 19.8 Å². The van der Waals surface area contributed by atoms with Crippen LogP contribution in [0.4, 0.5) is 0 Å². The van der Waals surface area contributed by atoms with Gasteiger partial charge in [0.15, 0.2) is 0 Å². The molecule has 0 saturated carbocycles. The van der Waals surface area contributed by atoms with E-state index in [1.807, 2.05) is 44.3 Å². The van der Waals surface area contributed by atoms with Crippen molar-refractivity contribution in [1.29, 1.82) is 0 Å². The van der Waals surface area contributed by atoms with Crippen LogP contribution in [0.5, 0.6) is 11.5 Å². The Hall–Kier alpha value is -1.52. The fraction of sp³-hybridized carbons (Fsp3) is 0.294. The van der Waals surface area contributed by atoms with Crippen molar-refractivity contribution in [3.8, 4) is 11.5 Å². The van der Waals surface area contributed by atoms with E-state index >= 15 is 0 Å². The molecule has 2 rings (SSSR count). The van der Waals surface area contributed by atoms with Gasteiger partial charge >= 0.3 is 0 Å². The molecule has 112 valence electrons. The van der Waals surface area contributed by atoms with Crippen molar-refractivity contribution in [3.05, 3.63) is 58.1 Å². The van der Waals surface area contributed by atoms with Crippen LogP contribution < -0.4 is 14.8 Å². The van der Waals surface area contributed by atoms with E-state index in [1.54, 1.807) is 7.11 Å². The summed E-state index contributed by atoms with van der Waals surface area (Å²) in [5.74, 6) is 1.74. The molecule has 0 aromatic heterocycles. The van der Waals surface area contributed by atoms with Gasteiger partial charge in [-0.3, -0.25) is 0 Å². The van der Waals surface area contributed by atoms with E-state index in [-0.39, 0.29) is 6.04 Å². The molecule has 0 aliphatic heterocycles. The first kappa shape index (κ1) is 15.9. The van der Waals surface area contributed by atoms with Crippen LogP contribution in [-0.4, -0.2) is 20.8 Å². The molecule has 0 amide bonds. The lowest BCUT2D eigenvalue weighted by Gasteiger charge is -2.20. The van der Waals surface area contributed by atoms with Crippen LogP contribution in [0.15, 0.2) is 46.9 Å². The molecule has 1 N–H and O–H groups in total. The number of halogens is 1. The average molecular weight is 350 g/mol. The molecule has 0 saturated heterocycles. The zero-order valence-electron chi connectivity index (χ0n) is 12.5. The summed E-state index contributed by atoms with van der Waals surface area (Å²) >= 11 is 3.62. The summed E-state index contributed by atoms with van der Waals surface area (Å²) < 4.78 is 11.9. The molecule has 21 heavy (non-hydrogen) atoms. The molecule has 0 aliphatic rings. The Bertz CT molecular complexity index is 584. The first-order chi connectivity index (χ1) is 10.2. The highest BCUT2D eigenvalue weighted by Gasteiger charge is 2.16. The molecular formula is C17H20BrNO2. The molecule has 0 radical (unpaired) electrons. The molecule has 0 aliphatic carbocycles. The number of rotatable bonds is 6. The van der Waals surface area contributed by atoms with Crippen molar-refractivity contribution in [3.63, 3.8) is 0 Å². The highest BCUT2D eigenvalue weighted by atomic mass is 79.9. The summed E-state index contributed by atoms with van der Waals surface area (Å²) in [6.45, 7) is 2.66. The molecule has 1 atom stereocenters. The third-order valence-electron chi connectivity index (χ3n) is 3.33. The van der Waals surface area contributed by atoms with Crippen LogP contribution >= 0.6 is 15.9 Å². The molecule has 0 fully saturated rings. The topological polar surface area (TPSA) is 30.5 Å². The number of nitrogens with one attached hydrogen (secondary N) is 1. The van der Waals surface area contributed by atoms with Gasteiger partial charge < -0.3 is 14.8 Å². The van der Waals surface area contributed by atoms with Crippen LogP contribution in [-0.2, 0) is 0 Å². The van der Waals surface area contributed by atoms with Crippen molar-refractivity contribution in [1.82, 2.24) is 5.32 Å². The van der Waals surface area contributed by atoms with Gasteiger partial charge in [-0.15, -0.1) is 0 Å². The Kier molecular flexibility index (Phi) is 5.65. The second kappa shape index (κ2) is 7.48. The average Bonchev–Trinajstić information content (AvgIpc) is 2.51. The van der Waals surface area contributed by atoms with Gasteiger partial charge in [0.2, 0.25) is 0 Å². The minimum Gasteiger partial charge on any atom is -0.497 e. The highest BCUT2D eigenvalue weighted by molar-refractivity contribution is 9.10. The Morgan fingerprint density at radius 1 is 1.10 bits per heavy atom. The van der Waals surface area contributed by atoms with Gasteiger partial charge in [-0.1, -0.05) is 28.1 Å². The van der Waals surface area contributed by atoms with Gasteiger partial charge in [-0.05, 0) is 55.4 Å². The number of benzene rings is 2. The normalized spacial score (nSPS) is 12.0. The minimum absolute atomic E-state index is 0.0881. The predicted molar refractivity (Wildman–Crippen MR) is 89.2 cm³/mol. The summed E-state index contributed by atoms with van der Waals surface area (Å²) in [5, 5.41) is 3.35. The Labute approximate surface area is 134 Å². The monoisotopic (exact) mass is 349 g/mol. The highest BCUT2D eigenvalue weighted by Crippen LogP contribution is 2.32. The lowest BCUT2D eigenvalue weighted by Crippen LogP contribution is -2.18.